The van der Waals surface area contributed by atoms with Crippen LogP contribution in [0.5, 0.6) is 0 Å². The molecule has 0 fully saturated rings. The van der Waals surface area contributed by atoms with Crippen molar-refractivity contribution >= 4 is 23.1 Å². The number of nitrogens with one attached hydrogen (secondary N) is 1. The maximum Gasteiger partial charge on any atom is 0.275 e. The third-order valence-corrected chi connectivity index (χ3v) is 2.73. The summed E-state index contributed by atoms with van der Waals surface area (Å²) in [6, 6.07) is 4.55. The summed E-state index contributed by atoms with van der Waals surface area (Å²) in [6.07, 6.45) is 0. The van der Waals surface area contributed by atoms with E-state index in [2.05, 4.69) is 9.69 Å². The first kappa shape index (κ1) is 11.7. The largest absolute Gasteiger partial charge is 0.318 e. The van der Waals surface area contributed by atoms with Gasteiger partial charge in [0.15, 0.2) is 0 Å². The number of hydrogen-bond acceptors (Lipinski definition) is 3. The zero-order chi connectivity index (χ0) is 12.4. The topological polar surface area (TPSA) is 42.0 Å². The van der Waals surface area contributed by atoms with Gasteiger partial charge in [0, 0.05) is 10.9 Å². The monoisotopic (exact) mass is 254 g/mol. The molecule has 1 heterocycles. The molecule has 2 rings (SSSR count). The van der Waals surface area contributed by atoms with Crippen molar-refractivity contribution in [2.75, 3.05) is 5.32 Å². The van der Waals surface area contributed by atoms with Gasteiger partial charge in [-0.2, -0.15) is 4.37 Å². The van der Waals surface area contributed by atoms with E-state index in [-0.39, 0.29) is 11.4 Å². The Morgan fingerprint density at radius 3 is 2.71 bits per heavy atom. The molecule has 0 saturated heterocycles. The number of anilines is 1. The lowest BCUT2D eigenvalue weighted by Gasteiger charge is -2.04. The van der Waals surface area contributed by atoms with Crippen LogP contribution in [0.25, 0.3) is 0 Å². The van der Waals surface area contributed by atoms with Crippen molar-refractivity contribution in [3.05, 3.63) is 46.5 Å². The summed E-state index contributed by atoms with van der Waals surface area (Å²) in [5, 5.41) is 2.33. The Kier molecular flexibility index (Phi) is 3.14. The van der Waals surface area contributed by atoms with E-state index in [0.717, 1.165) is 10.9 Å². The summed E-state index contributed by atoms with van der Waals surface area (Å²) in [5.41, 5.74) is 0.151. The Balaban J connectivity index is 2.18. The summed E-state index contributed by atoms with van der Waals surface area (Å²) >= 11 is 1.19. The predicted octanol–water partition coefficient (Wildman–Crippen LogP) is 2.98. The Bertz CT molecular complexity index is 568. The van der Waals surface area contributed by atoms with Crippen LogP contribution in [0.2, 0.25) is 0 Å². The summed E-state index contributed by atoms with van der Waals surface area (Å²) in [7, 11) is 0. The highest BCUT2D eigenvalue weighted by Gasteiger charge is 2.12. The van der Waals surface area contributed by atoms with E-state index in [1.54, 1.807) is 6.07 Å². The highest BCUT2D eigenvalue weighted by Crippen LogP contribution is 2.16. The molecule has 0 aliphatic carbocycles. The molecule has 1 aromatic carbocycles. The molecule has 0 saturated carbocycles. The van der Waals surface area contributed by atoms with Crippen molar-refractivity contribution in [3.63, 3.8) is 0 Å². The van der Waals surface area contributed by atoms with Gasteiger partial charge in [0.1, 0.15) is 17.3 Å². The number of halogens is 2. The van der Waals surface area contributed by atoms with Crippen LogP contribution in [0.4, 0.5) is 14.5 Å². The van der Waals surface area contributed by atoms with Gasteiger partial charge in [-0.25, -0.2) is 8.78 Å². The molecule has 3 nitrogen and oxygen atoms in total. The second kappa shape index (κ2) is 4.58. The van der Waals surface area contributed by atoms with Crippen molar-refractivity contribution in [1.29, 1.82) is 0 Å². The number of benzene rings is 1. The second-order valence-corrected chi connectivity index (χ2v) is 4.41. The minimum atomic E-state index is -0.815. The van der Waals surface area contributed by atoms with E-state index in [1.807, 2.05) is 6.92 Å². The van der Waals surface area contributed by atoms with Gasteiger partial charge in [-0.15, -0.1) is 0 Å². The average molecular weight is 254 g/mol. The fraction of sp³-hybridized carbons (Fsp3) is 0.0909. The minimum Gasteiger partial charge on any atom is -0.318 e. The van der Waals surface area contributed by atoms with Gasteiger partial charge in [0.05, 0.1) is 5.69 Å². The van der Waals surface area contributed by atoms with Gasteiger partial charge in [-0.3, -0.25) is 4.79 Å². The van der Waals surface area contributed by atoms with Gasteiger partial charge in [0.2, 0.25) is 0 Å². The summed E-state index contributed by atoms with van der Waals surface area (Å²) in [5.74, 6) is -2.02. The van der Waals surface area contributed by atoms with Gasteiger partial charge >= 0.3 is 0 Å². The Hall–Kier alpha value is -1.82. The highest BCUT2D eigenvalue weighted by molar-refractivity contribution is 7.05. The number of amides is 1. The molecule has 1 aromatic heterocycles. The zero-order valence-corrected chi connectivity index (χ0v) is 9.65. The van der Waals surface area contributed by atoms with Crippen LogP contribution in [-0.2, 0) is 0 Å². The molecule has 6 heteroatoms. The predicted molar refractivity (Wildman–Crippen MR) is 61.2 cm³/mol. The SMILES string of the molecule is Cc1cc(C(=O)Nc2ccc(F)cc2F)ns1. The first-order valence-corrected chi connectivity index (χ1v) is 5.53. The van der Waals surface area contributed by atoms with Crippen LogP contribution in [0.3, 0.4) is 0 Å². The number of rotatable bonds is 2. The first-order chi connectivity index (χ1) is 8.06. The number of aryl methyl sites for hydroxylation is 1. The van der Waals surface area contributed by atoms with E-state index in [0.29, 0.717) is 6.07 Å². The average Bonchev–Trinajstić information content (AvgIpc) is 2.69. The molecule has 0 spiro atoms. The molecule has 88 valence electrons. The van der Waals surface area contributed by atoms with Crippen LogP contribution < -0.4 is 5.32 Å². The molecular formula is C11H8F2N2OS. The molecule has 2 aromatic rings. The van der Waals surface area contributed by atoms with Crippen LogP contribution in [-0.4, -0.2) is 10.3 Å². The molecule has 0 unspecified atom stereocenters. The van der Waals surface area contributed by atoms with Crippen LogP contribution >= 0.6 is 11.5 Å². The molecule has 0 radical (unpaired) electrons. The molecule has 0 bridgehead atoms. The molecule has 1 N–H and O–H groups in total. The quantitative estimate of drug-likeness (QED) is 0.895. The normalized spacial score (nSPS) is 10.3. The zero-order valence-electron chi connectivity index (χ0n) is 8.83. The van der Waals surface area contributed by atoms with Crippen molar-refractivity contribution in [2.24, 2.45) is 0 Å². The van der Waals surface area contributed by atoms with Crippen LogP contribution in [0, 0.1) is 18.6 Å². The van der Waals surface area contributed by atoms with Crippen molar-refractivity contribution in [3.8, 4) is 0 Å². The third-order valence-electron chi connectivity index (χ3n) is 2.04. The minimum absolute atomic E-state index is 0.0675. The lowest BCUT2D eigenvalue weighted by molar-refractivity contribution is 0.102. The fourth-order valence-corrected chi connectivity index (χ4v) is 1.79. The Labute approximate surface area is 100 Å². The lowest BCUT2D eigenvalue weighted by Crippen LogP contribution is -2.13. The second-order valence-electron chi connectivity index (χ2n) is 3.40. The Morgan fingerprint density at radius 2 is 2.12 bits per heavy atom. The van der Waals surface area contributed by atoms with E-state index in [4.69, 9.17) is 0 Å². The highest BCUT2D eigenvalue weighted by atomic mass is 32.1. The van der Waals surface area contributed by atoms with E-state index >= 15 is 0 Å². The standard InChI is InChI=1S/C11H8F2N2OS/c1-6-4-10(15-17-6)11(16)14-9-3-2-7(12)5-8(9)13/h2-5H,1H3,(H,14,16). The number of carbonyl (C=O) groups excluding carboxylic acids is 1. The molecule has 0 aliphatic heterocycles. The smallest absolute Gasteiger partial charge is 0.275 e. The van der Waals surface area contributed by atoms with Crippen molar-refractivity contribution < 1.29 is 13.6 Å². The molecule has 1 amide bonds. The van der Waals surface area contributed by atoms with E-state index < -0.39 is 17.5 Å². The maximum atomic E-state index is 13.3. The molecule has 0 atom stereocenters. The molecule has 17 heavy (non-hydrogen) atoms. The van der Waals surface area contributed by atoms with Crippen LogP contribution in [0.1, 0.15) is 15.4 Å². The fourth-order valence-electron chi connectivity index (χ4n) is 1.25. The van der Waals surface area contributed by atoms with Crippen molar-refractivity contribution in [1.82, 2.24) is 4.37 Å². The summed E-state index contributed by atoms with van der Waals surface area (Å²) < 4.78 is 29.8. The van der Waals surface area contributed by atoms with E-state index in [9.17, 15) is 13.6 Å². The maximum absolute atomic E-state index is 13.3. The van der Waals surface area contributed by atoms with Crippen LogP contribution in [0.15, 0.2) is 24.3 Å². The number of carbonyl (C=O) groups is 1. The third kappa shape index (κ3) is 2.65. The Morgan fingerprint density at radius 1 is 1.35 bits per heavy atom. The number of nitrogens with zero attached hydrogens (tertiary/aromatic N) is 1. The lowest BCUT2D eigenvalue weighted by atomic mass is 10.3. The molecular weight excluding hydrogens is 246 g/mol. The van der Waals surface area contributed by atoms with Gasteiger partial charge in [-0.1, -0.05) is 0 Å². The molecule has 0 aliphatic rings. The van der Waals surface area contributed by atoms with Gasteiger partial charge in [0.25, 0.3) is 5.91 Å². The summed E-state index contributed by atoms with van der Waals surface area (Å²) in [6.45, 7) is 1.81. The first-order valence-electron chi connectivity index (χ1n) is 4.76. The summed E-state index contributed by atoms with van der Waals surface area (Å²) in [4.78, 5) is 12.5. The van der Waals surface area contributed by atoms with E-state index in [1.165, 1.54) is 17.6 Å². The van der Waals surface area contributed by atoms with Gasteiger partial charge in [-0.05, 0) is 36.7 Å². The van der Waals surface area contributed by atoms with Gasteiger partial charge < -0.3 is 5.32 Å². The van der Waals surface area contributed by atoms with Crippen molar-refractivity contribution in [2.45, 2.75) is 6.92 Å². The number of aromatic nitrogens is 1. The number of hydrogen-bond donors (Lipinski definition) is 1.